The Kier molecular flexibility index (Phi) is 4.75. The quantitative estimate of drug-likeness (QED) is 0.608. The molecule has 4 rings (SSSR count). The number of benzene rings is 2. The van der Waals surface area contributed by atoms with Gasteiger partial charge in [-0.25, -0.2) is 9.88 Å². The SMILES string of the molecule is COc1ccc(OC)c(N2C(=O)C[C@H](Sc3nc4ccccc4s3)C2=O)c1. The van der Waals surface area contributed by atoms with Gasteiger partial charge < -0.3 is 9.47 Å². The molecule has 0 saturated carbocycles. The maximum atomic E-state index is 13.0. The molecule has 1 saturated heterocycles. The monoisotopic (exact) mass is 400 g/mol. The summed E-state index contributed by atoms with van der Waals surface area (Å²) in [7, 11) is 3.04. The first-order valence-electron chi connectivity index (χ1n) is 8.21. The molecule has 0 spiro atoms. The van der Waals surface area contributed by atoms with E-state index in [4.69, 9.17) is 9.47 Å². The number of hydrogen-bond donors (Lipinski definition) is 0. The molecule has 138 valence electrons. The number of thiazole rings is 1. The molecule has 0 unspecified atom stereocenters. The van der Waals surface area contributed by atoms with Gasteiger partial charge in [-0.1, -0.05) is 23.9 Å². The number of imide groups is 1. The highest BCUT2D eigenvalue weighted by atomic mass is 32.2. The molecule has 2 heterocycles. The van der Waals surface area contributed by atoms with E-state index in [0.29, 0.717) is 17.2 Å². The molecule has 0 aliphatic carbocycles. The van der Waals surface area contributed by atoms with Crippen LogP contribution in [0.4, 0.5) is 5.69 Å². The van der Waals surface area contributed by atoms with E-state index in [0.717, 1.165) is 14.6 Å². The first-order chi connectivity index (χ1) is 13.1. The zero-order valence-corrected chi connectivity index (χ0v) is 16.3. The number of para-hydroxylation sites is 1. The summed E-state index contributed by atoms with van der Waals surface area (Å²) in [6.07, 6.45) is 0.125. The van der Waals surface area contributed by atoms with Crippen LogP contribution in [-0.4, -0.2) is 36.3 Å². The van der Waals surface area contributed by atoms with Crippen molar-refractivity contribution in [2.45, 2.75) is 16.0 Å². The van der Waals surface area contributed by atoms with Gasteiger partial charge in [0.1, 0.15) is 16.7 Å². The first-order valence-corrected chi connectivity index (χ1v) is 9.91. The zero-order chi connectivity index (χ0) is 19.0. The van der Waals surface area contributed by atoms with Crippen LogP contribution in [-0.2, 0) is 9.59 Å². The van der Waals surface area contributed by atoms with Gasteiger partial charge in [0.2, 0.25) is 11.8 Å². The summed E-state index contributed by atoms with van der Waals surface area (Å²) in [5.41, 5.74) is 1.30. The highest BCUT2D eigenvalue weighted by molar-refractivity contribution is 8.02. The fourth-order valence-corrected chi connectivity index (χ4v) is 5.28. The van der Waals surface area contributed by atoms with Gasteiger partial charge in [-0.2, -0.15) is 0 Å². The average molecular weight is 400 g/mol. The van der Waals surface area contributed by atoms with Crippen molar-refractivity contribution in [2.24, 2.45) is 0 Å². The summed E-state index contributed by atoms with van der Waals surface area (Å²) < 4.78 is 12.4. The third-order valence-corrected chi connectivity index (χ3v) is 6.56. The minimum atomic E-state index is -0.506. The van der Waals surface area contributed by atoms with Crippen LogP contribution in [0.15, 0.2) is 46.8 Å². The summed E-state index contributed by atoms with van der Waals surface area (Å²) in [6.45, 7) is 0. The van der Waals surface area contributed by atoms with Crippen LogP contribution in [0.2, 0.25) is 0 Å². The van der Waals surface area contributed by atoms with Crippen molar-refractivity contribution in [3.63, 3.8) is 0 Å². The lowest BCUT2D eigenvalue weighted by atomic mass is 10.2. The molecule has 0 N–H and O–H groups in total. The van der Waals surface area contributed by atoms with Gasteiger partial charge in [0.25, 0.3) is 0 Å². The van der Waals surface area contributed by atoms with Crippen LogP contribution in [0.25, 0.3) is 10.2 Å². The van der Waals surface area contributed by atoms with Crippen LogP contribution >= 0.6 is 23.1 Å². The Hall–Kier alpha value is -2.58. The highest BCUT2D eigenvalue weighted by Gasteiger charge is 2.42. The second-order valence-corrected chi connectivity index (χ2v) is 8.34. The Morgan fingerprint density at radius 2 is 1.96 bits per heavy atom. The summed E-state index contributed by atoms with van der Waals surface area (Å²) in [6, 6.07) is 12.9. The van der Waals surface area contributed by atoms with Gasteiger partial charge in [0, 0.05) is 12.5 Å². The molecule has 1 aliphatic heterocycles. The highest BCUT2D eigenvalue weighted by Crippen LogP contribution is 2.40. The summed E-state index contributed by atoms with van der Waals surface area (Å²) in [4.78, 5) is 31.3. The van der Waals surface area contributed by atoms with Gasteiger partial charge in [0.15, 0.2) is 4.34 Å². The Balaban J connectivity index is 1.62. The van der Waals surface area contributed by atoms with Crippen LogP contribution < -0.4 is 14.4 Å². The molecule has 3 aromatic rings. The van der Waals surface area contributed by atoms with Crippen LogP contribution in [0, 0.1) is 0 Å². The third kappa shape index (κ3) is 3.26. The molecule has 1 aliphatic rings. The third-order valence-electron chi connectivity index (χ3n) is 4.25. The normalized spacial score (nSPS) is 17.0. The Bertz CT molecular complexity index is 1000. The predicted molar refractivity (Wildman–Crippen MR) is 106 cm³/mol. The number of methoxy groups -OCH3 is 2. The molecule has 8 heteroatoms. The smallest absolute Gasteiger partial charge is 0.247 e. The molecular formula is C19H16N2O4S2. The molecule has 2 aromatic carbocycles. The van der Waals surface area contributed by atoms with Gasteiger partial charge in [0.05, 0.1) is 30.1 Å². The fraction of sp³-hybridized carbons (Fsp3) is 0.211. The number of carbonyl (C=O) groups excluding carboxylic acids is 2. The molecule has 1 fully saturated rings. The Morgan fingerprint density at radius 3 is 2.70 bits per heavy atom. The van der Waals surface area contributed by atoms with E-state index >= 15 is 0 Å². The van der Waals surface area contributed by atoms with E-state index in [-0.39, 0.29) is 18.2 Å². The van der Waals surface area contributed by atoms with Crippen molar-refractivity contribution < 1.29 is 19.1 Å². The second-order valence-electron chi connectivity index (χ2n) is 5.86. The maximum absolute atomic E-state index is 13.0. The number of thioether (sulfide) groups is 1. The summed E-state index contributed by atoms with van der Waals surface area (Å²) in [5.74, 6) is 0.470. The number of amides is 2. The lowest BCUT2D eigenvalue weighted by Gasteiger charge is -2.18. The first kappa shape index (κ1) is 17.8. The lowest BCUT2D eigenvalue weighted by molar-refractivity contribution is -0.121. The number of fused-ring (bicyclic) bond motifs is 1. The van der Waals surface area contributed by atoms with Crippen LogP contribution in [0.5, 0.6) is 11.5 Å². The molecule has 6 nitrogen and oxygen atoms in total. The van der Waals surface area contributed by atoms with E-state index < -0.39 is 5.25 Å². The van der Waals surface area contributed by atoms with E-state index in [1.54, 1.807) is 18.2 Å². The molecule has 0 radical (unpaired) electrons. The van der Waals surface area contributed by atoms with E-state index in [9.17, 15) is 9.59 Å². The summed E-state index contributed by atoms with van der Waals surface area (Å²) >= 11 is 2.86. The van der Waals surface area contributed by atoms with Crippen molar-refractivity contribution in [2.75, 3.05) is 19.1 Å². The van der Waals surface area contributed by atoms with Gasteiger partial charge in [-0.05, 0) is 24.3 Å². The zero-order valence-electron chi connectivity index (χ0n) is 14.7. The van der Waals surface area contributed by atoms with Gasteiger partial charge >= 0.3 is 0 Å². The molecule has 2 amide bonds. The molecule has 1 aromatic heterocycles. The van der Waals surface area contributed by atoms with Crippen LogP contribution in [0.3, 0.4) is 0 Å². The number of nitrogens with zero attached hydrogens (tertiary/aromatic N) is 2. The van der Waals surface area contributed by atoms with E-state index in [1.807, 2.05) is 24.3 Å². The molecule has 0 bridgehead atoms. The molecule has 27 heavy (non-hydrogen) atoms. The average Bonchev–Trinajstić information content (AvgIpc) is 3.21. The van der Waals surface area contributed by atoms with E-state index in [2.05, 4.69) is 4.98 Å². The van der Waals surface area contributed by atoms with Crippen molar-refractivity contribution >= 4 is 50.8 Å². The van der Waals surface area contributed by atoms with Crippen LogP contribution in [0.1, 0.15) is 6.42 Å². The Morgan fingerprint density at radius 1 is 1.15 bits per heavy atom. The number of aromatic nitrogens is 1. The number of rotatable bonds is 5. The number of anilines is 1. The number of hydrogen-bond acceptors (Lipinski definition) is 7. The van der Waals surface area contributed by atoms with Gasteiger partial charge in [-0.15, -0.1) is 11.3 Å². The van der Waals surface area contributed by atoms with Crippen molar-refractivity contribution in [1.29, 1.82) is 0 Å². The molecular weight excluding hydrogens is 384 g/mol. The maximum Gasteiger partial charge on any atom is 0.247 e. The number of ether oxygens (including phenoxy) is 2. The van der Waals surface area contributed by atoms with Crippen molar-refractivity contribution in [3.05, 3.63) is 42.5 Å². The molecule has 1 atom stereocenters. The van der Waals surface area contributed by atoms with E-state index in [1.165, 1.54) is 42.2 Å². The Labute approximate surface area is 164 Å². The number of carbonyl (C=O) groups is 2. The largest absolute Gasteiger partial charge is 0.497 e. The van der Waals surface area contributed by atoms with Crippen molar-refractivity contribution in [3.8, 4) is 11.5 Å². The fourth-order valence-electron chi connectivity index (χ4n) is 2.94. The summed E-state index contributed by atoms with van der Waals surface area (Å²) in [5, 5.41) is -0.506. The van der Waals surface area contributed by atoms with Gasteiger partial charge in [-0.3, -0.25) is 9.59 Å². The second kappa shape index (κ2) is 7.21. The predicted octanol–water partition coefficient (Wildman–Crippen LogP) is 3.74. The standard InChI is InChI=1S/C19H16N2O4S2/c1-24-11-7-8-14(25-2)13(9-11)21-17(22)10-16(18(21)23)27-19-20-12-5-3-4-6-15(12)26-19/h3-9,16H,10H2,1-2H3/t16-/m0/s1. The lowest BCUT2D eigenvalue weighted by Crippen LogP contribution is -2.31. The topological polar surface area (TPSA) is 68.7 Å². The minimum Gasteiger partial charge on any atom is -0.497 e. The minimum absolute atomic E-state index is 0.125. The van der Waals surface area contributed by atoms with Crippen molar-refractivity contribution in [1.82, 2.24) is 4.98 Å².